The summed E-state index contributed by atoms with van der Waals surface area (Å²) in [5.41, 5.74) is 3.80. The fraction of sp³-hybridized carbons (Fsp3) is 0.273. The van der Waals surface area contributed by atoms with Crippen LogP contribution in [-0.4, -0.2) is 16.0 Å². The van der Waals surface area contributed by atoms with E-state index in [0.29, 0.717) is 12.0 Å². The van der Waals surface area contributed by atoms with E-state index in [4.69, 9.17) is 4.98 Å². The predicted molar refractivity (Wildman–Crippen MR) is 108 cm³/mol. The molecule has 0 aliphatic carbocycles. The highest BCUT2D eigenvalue weighted by molar-refractivity contribution is 5.44. The van der Waals surface area contributed by atoms with Crippen LogP contribution < -0.4 is 10.2 Å². The Balaban J connectivity index is 1.75. The summed E-state index contributed by atoms with van der Waals surface area (Å²) in [6.07, 6.45) is 1.82. The third-order valence-electron chi connectivity index (χ3n) is 4.45. The van der Waals surface area contributed by atoms with E-state index in [0.717, 1.165) is 18.9 Å². The van der Waals surface area contributed by atoms with Gasteiger partial charge in [0.25, 0.3) is 0 Å². The number of aromatic nitrogens is 2. The summed E-state index contributed by atoms with van der Waals surface area (Å²) in [5.74, 6) is 1.59. The van der Waals surface area contributed by atoms with E-state index < -0.39 is 0 Å². The minimum absolute atomic E-state index is 0.342. The van der Waals surface area contributed by atoms with Gasteiger partial charge in [-0.2, -0.15) is 4.98 Å². The fourth-order valence-electron chi connectivity index (χ4n) is 2.89. The minimum atomic E-state index is 0.342. The van der Waals surface area contributed by atoms with Gasteiger partial charge in [0, 0.05) is 25.3 Å². The molecule has 4 nitrogen and oxygen atoms in total. The monoisotopic (exact) mass is 346 g/mol. The average Bonchev–Trinajstić information content (AvgIpc) is 2.66. The number of nitrogens with zero attached hydrogens (tertiary/aromatic N) is 3. The van der Waals surface area contributed by atoms with E-state index in [2.05, 4.69) is 84.5 Å². The molecule has 0 spiro atoms. The van der Waals surface area contributed by atoms with Gasteiger partial charge in [0.1, 0.15) is 5.82 Å². The highest BCUT2D eigenvalue weighted by Gasteiger charge is 2.13. The fourth-order valence-corrected chi connectivity index (χ4v) is 2.89. The Bertz CT molecular complexity index is 830. The van der Waals surface area contributed by atoms with Gasteiger partial charge in [0.2, 0.25) is 5.95 Å². The van der Waals surface area contributed by atoms with Gasteiger partial charge in [0.05, 0.1) is 0 Å². The smallest absolute Gasteiger partial charge is 0.224 e. The molecular weight excluding hydrogens is 320 g/mol. The van der Waals surface area contributed by atoms with Crippen molar-refractivity contribution in [1.82, 2.24) is 9.97 Å². The lowest BCUT2D eigenvalue weighted by molar-refractivity contribution is 0.671. The van der Waals surface area contributed by atoms with Crippen LogP contribution in [0, 0.1) is 6.92 Å². The van der Waals surface area contributed by atoms with Crippen LogP contribution in [-0.2, 0) is 13.1 Å². The zero-order valence-corrected chi connectivity index (χ0v) is 15.7. The van der Waals surface area contributed by atoms with Gasteiger partial charge in [-0.25, -0.2) is 4.98 Å². The molecule has 1 heterocycles. The first-order valence-corrected chi connectivity index (χ1v) is 9.05. The minimum Gasteiger partial charge on any atom is -0.350 e. The van der Waals surface area contributed by atoms with Gasteiger partial charge in [-0.05, 0) is 43.5 Å². The molecule has 1 N–H and O–H groups in total. The Kier molecular flexibility index (Phi) is 5.84. The largest absolute Gasteiger partial charge is 0.350 e. The van der Waals surface area contributed by atoms with Crippen molar-refractivity contribution >= 4 is 11.8 Å². The number of benzene rings is 2. The zero-order chi connectivity index (χ0) is 18.4. The molecule has 0 fully saturated rings. The van der Waals surface area contributed by atoms with Crippen molar-refractivity contribution in [1.29, 1.82) is 0 Å². The van der Waals surface area contributed by atoms with Crippen molar-refractivity contribution in [3.05, 3.63) is 83.6 Å². The summed E-state index contributed by atoms with van der Waals surface area (Å²) >= 11 is 0. The lowest BCUT2D eigenvalue weighted by Gasteiger charge is -2.28. The van der Waals surface area contributed by atoms with E-state index in [-0.39, 0.29) is 0 Å². The summed E-state index contributed by atoms with van der Waals surface area (Å²) in [6.45, 7) is 8.04. The lowest BCUT2D eigenvalue weighted by Crippen LogP contribution is -2.31. The molecule has 0 bridgehead atoms. The van der Waals surface area contributed by atoms with E-state index >= 15 is 0 Å². The van der Waals surface area contributed by atoms with E-state index in [9.17, 15) is 0 Å². The molecule has 2 aromatic carbocycles. The van der Waals surface area contributed by atoms with Gasteiger partial charge < -0.3 is 10.2 Å². The molecule has 3 rings (SSSR count). The summed E-state index contributed by atoms with van der Waals surface area (Å²) in [7, 11) is 0. The van der Waals surface area contributed by atoms with Gasteiger partial charge in [-0.1, -0.05) is 54.6 Å². The molecule has 0 aliphatic heterocycles. The van der Waals surface area contributed by atoms with Gasteiger partial charge in [0.15, 0.2) is 0 Å². The van der Waals surface area contributed by atoms with Crippen LogP contribution >= 0.6 is 0 Å². The van der Waals surface area contributed by atoms with Gasteiger partial charge >= 0.3 is 0 Å². The Labute approximate surface area is 155 Å². The number of aryl methyl sites for hydroxylation is 1. The summed E-state index contributed by atoms with van der Waals surface area (Å²) in [4.78, 5) is 11.4. The first kappa shape index (κ1) is 17.9. The van der Waals surface area contributed by atoms with Crippen molar-refractivity contribution in [2.24, 2.45) is 0 Å². The number of hydrogen-bond donors (Lipinski definition) is 1. The maximum Gasteiger partial charge on any atom is 0.224 e. The first-order valence-electron chi connectivity index (χ1n) is 9.05. The van der Waals surface area contributed by atoms with Crippen LogP contribution in [0.2, 0.25) is 0 Å². The maximum atomic E-state index is 4.74. The van der Waals surface area contributed by atoms with Crippen LogP contribution in [0.3, 0.4) is 0 Å². The third-order valence-corrected chi connectivity index (χ3v) is 4.45. The van der Waals surface area contributed by atoms with Crippen LogP contribution in [0.4, 0.5) is 11.8 Å². The van der Waals surface area contributed by atoms with E-state index in [1.54, 1.807) is 0 Å². The highest BCUT2D eigenvalue weighted by atomic mass is 15.2. The second-order valence-corrected chi connectivity index (χ2v) is 6.73. The number of rotatable bonds is 7. The molecule has 0 radical (unpaired) electrons. The second-order valence-electron chi connectivity index (χ2n) is 6.73. The summed E-state index contributed by atoms with van der Waals surface area (Å²) in [5, 5.41) is 3.35. The Hall–Kier alpha value is -2.88. The second kappa shape index (κ2) is 8.48. The molecule has 3 aromatic rings. The Morgan fingerprint density at radius 2 is 1.69 bits per heavy atom. The van der Waals surface area contributed by atoms with Crippen LogP contribution in [0.15, 0.2) is 66.9 Å². The van der Waals surface area contributed by atoms with Gasteiger partial charge in [-0.3, -0.25) is 0 Å². The molecule has 1 aromatic heterocycles. The van der Waals surface area contributed by atoms with Crippen molar-refractivity contribution in [2.45, 2.75) is 39.9 Å². The predicted octanol–water partition coefficient (Wildman–Crippen LogP) is 4.81. The SMILES string of the molecule is Cc1ccccc1CNc1nccc(N(Cc2ccccc2)C(C)C)n1. The van der Waals surface area contributed by atoms with Crippen molar-refractivity contribution < 1.29 is 0 Å². The van der Waals surface area contributed by atoms with Crippen molar-refractivity contribution in [2.75, 3.05) is 10.2 Å². The Morgan fingerprint density at radius 1 is 0.962 bits per heavy atom. The standard InChI is InChI=1S/C22H26N4/c1-17(2)26(16-19-10-5-4-6-11-19)21-13-14-23-22(25-21)24-15-20-12-8-7-9-18(20)3/h4-14,17H,15-16H2,1-3H3,(H,23,24,25). The van der Waals surface area contributed by atoms with Crippen LogP contribution in [0.5, 0.6) is 0 Å². The molecule has 0 saturated heterocycles. The molecule has 0 aliphatic rings. The van der Waals surface area contributed by atoms with Crippen molar-refractivity contribution in [3.63, 3.8) is 0 Å². The normalized spacial score (nSPS) is 10.8. The molecule has 26 heavy (non-hydrogen) atoms. The van der Waals surface area contributed by atoms with E-state index in [1.165, 1.54) is 16.7 Å². The van der Waals surface area contributed by atoms with Crippen LogP contribution in [0.25, 0.3) is 0 Å². The molecule has 4 heteroatoms. The van der Waals surface area contributed by atoms with Crippen molar-refractivity contribution in [3.8, 4) is 0 Å². The number of nitrogens with one attached hydrogen (secondary N) is 1. The molecule has 0 amide bonds. The highest BCUT2D eigenvalue weighted by Crippen LogP contribution is 2.19. The number of anilines is 2. The number of hydrogen-bond acceptors (Lipinski definition) is 4. The molecular formula is C22H26N4. The molecule has 0 unspecified atom stereocenters. The van der Waals surface area contributed by atoms with E-state index in [1.807, 2.05) is 18.3 Å². The molecule has 0 saturated carbocycles. The average molecular weight is 346 g/mol. The topological polar surface area (TPSA) is 41.1 Å². The maximum absolute atomic E-state index is 4.74. The zero-order valence-electron chi connectivity index (χ0n) is 15.7. The quantitative estimate of drug-likeness (QED) is 0.666. The lowest BCUT2D eigenvalue weighted by atomic mass is 10.1. The Morgan fingerprint density at radius 3 is 2.42 bits per heavy atom. The summed E-state index contributed by atoms with van der Waals surface area (Å²) in [6, 6.07) is 21.2. The molecule has 0 atom stereocenters. The third kappa shape index (κ3) is 4.60. The first-order chi connectivity index (χ1) is 12.6. The summed E-state index contributed by atoms with van der Waals surface area (Å²) < 4.78 is 0. The van der Waals surface area contributed by atoms with Gasteiger partial charge in [-0.15, -0.1) is 0 Å². The van der Waals surface area contributed by atoms with Crippen LogP contribution in [0.1, 0.15) is 30.5 Å². The molecule has 134 valence electrons.